The first-order valence-electron chi connectivity index (χ1n) is 8.17. The average molecular weight is 384 g/mol. The van der Waals surface area contributed by atoms with Gasteiger partial charge < -0.3 is 20.3 Å². The summed E-state index contributed by atoms with van der Waals surface area (Å²) in [5.74, 6) is 0.504. The molecule has 1 heterocycles. The molecule has 0 spiro atoms. The van der Waals surface area contributed by atoms with Crippen LogP contribution in [-0.4, -0.2) is 50.6 Å². The summed E-state index contributed by atoms with van der Waals surface area (Å²) in [6, 6.07) is 3.84. The van der Waals surface area contributed by atoms with E-state index >= 15 is 0 Å². The number of likely N-dealkylation sites (N-methyl/N-ethyl adjacent to an activating group) is 1. The Balaban J connectivity index is 2.15. The van der Waals surface area contributed by atoms with E-state index in [9.17, 15) is 4.79 Å². The van der Waals surface area contributed by atoms with E-state index in [0.717, 1.165) is 42.6 Å². The minimum atomic E-state index is -0.0758. The number of methoxy groups -OCH3 is 1. The maximum absolute atomic E-state index is 12.7. The predicted molar refractivity (Wildman–Crippen MR) is 97.5 cm³/mol. The third-order valence-corrected chi connectivity index (χ3v) is 5.00. The first-order chi connectivity index (χ1) is 11.1. The summed E-state index contributed by atoms with van der Waals surface area (Å²) in [6.45, 7) is 5.23. The summed E-state index contributed by atoms with van der Waals surface area (Å²) in [5, 5.41) is 6.25. The third-order valence-electron chi connectivity index (χ3n) is 4.34. The Morgan fingerprint density at radius 1 is 1.43 bits per heavy atom. The Bertz CT molecular complexity index is 551. The minimum absolute atomic E-state index is 0.0758. The average Bonchev–Trinajstić information content (AvgIpc) is 2.79. The molecular weight excluding hydrogens is 358 g/mol. The molecule has 0 aromatic heterocycles. The summed E-state index contributed by atoms with van der Waals surface area (Å²) < 4.78 is 6.24. The number of carbonyl (C=O) groups excluding carboxylic acids is 1. The summed E-state index contributed by atoms with van der Waals surface area (Å²) >= 11 is 3.49. The van der Waals surface area contributed by atoms with Crippen LogP contribution in [0.15, 0.2) is 16.6 Å². The molecule has 1 atom stereocenters. The van der Waals surface area contributed by atoms with E-state index in [0.29, 0.717) is 11.3 Å². The molecule has 5 nitrogen and oxygen atoms in total. The molecule has 128 valence electrons. The van der Waals surface area contributed by atoms with E-state index in [1.54, 1.807) is 7.11 Å². The molecule has 1 unspecified atom stereocenters. The van der Waals surface area contributed by atoms with Crippen LogP contribution >= 0.6 is 15.9 Å². The molecule has 0 radical (unpaired) electrons. The molecule has 6 heteroatoms. The second-order valence-electron chi connectivity index (χ2n) is 5.84. The molecule has 1 fully saturated rings. The van der Waals surface area contributed by atoms with Crippen LogP contribution in [0.25, 0.3) is 0 Å². The first-order valence-corrected chi connectivity index (χ1v) is 8.96. The van der Waals surface area contributed by atoms with Crippen molar-refractivity contribution in [2.75, 3.05) is 39.1 Å². The van der Waals surface area contributed by atoms with Crippen LogP contribution in [-0.2, 0) is 0 Å². The van der Waals surface area contributed by atoms with Crippen molar-refractivity contribution in [1.29, 1.82) is 0 Å². The van der Waals surface area contributed by atoms with Gasteiger partial charge in [-0.15, -0.1) is 0 Å². The van der Waals surface area contributed by atoms with Crippen molar-refractivity contribution in [3.63, 3.8) is 0 Å². The van der Waals surface area contributed by atoms with Gasteiger partial charge in [0.15, 0.2) is 0 Å². The van der Waals surface area contributed by atoms with Gasteiger partial charge in [0.1, 0.15) is 5.75 Å². The molecule has 2 rings (SSSR count). The maximum atomic E-state index is 12.7. The number of hydrogen-bond donors (Lipinski definition) is 2. The summed E-state index contributed by atoms with van der Waals surface area (Å²) in [6.07, 6.45) is 3.38. The van der Waals surface area contributed by atoms with Crippen LogP contribution in [0.1, 0.15) is 36.5 Å². The molecule has 23 heavy (non-hydrogen) atoms. The highest BCUT2D eigenvalue weighted by Gasteiger charge is 2.22. The van der Waals surface area contributed by atoms with Gasteiger partial charge >= 0.3 is 0 Å². The van der Waals surface area contributed by atoms with Crippen LogP contribution in [0, 0.1) is 0 Å². The van der Waals surface area contributed by atoms with Crippen LogP contribution in [0.5, 0.6) is 5.75 Å². The number of carbonyl (C=O) groups is 1. The lowest BCUT2D eigenvalue weighted by molar-refractivity contribution is 0.0924. The predicted octanol–water partition coefficient (Wildman–Crippen LogP) is 3.10. The molecule has 1 amide bonds. The molecule has 0 saturated carbocycles. The lowest BCUT2D eigenvalue weighted by Gasteiger charge is -2.24. The zero-order chi connectivity index (χ0) is 16.8. The number of amides is 1. The van der Waals surface area contributed by atoms with Gasteiger partial charge in [-0.1, -0.05) is 13.3 Å². The zero-order valence-corrected chi connectivity index (χ0v) is 15.7. The minimum Gasteiger partial charge on any atom is -0.496 e. The van der Waals surface area contributed by atoms with Gasteiger partial charge in [-0.05, 0) is 47.9 Å². The van der Waals surface area contributed by atoms with Crippen molar-refractivity contribution >= 4 is 27.5 Å². The van der Waals surface area contributed by atoms with Crippen molar-refractivity contribution in [2.24, 2.45) is 0 Å². The van der Waals surface area contributed by atoms with Gasteiger partial charge in [-0.2, -0.15) is 0 Å². The number of anilines is 1. The Morgan fingerprint density at radius 2 is 2.22 bits per heavy atom. The van der Waals surface area contributed by atoms with E-state index in [1.807, 2.05) is 19.2 Å². The molecule has 1 saturated heterocycles. The molecule has 1 aliphatic heterocycles. The first kappa shape index (κ1) is 18.1. The second kappa shape index (κ2) is 8.55. The van der Waals surface area contributed by atoms with E-state index in [-0.39, 0.29) is 11.9 Å². The number of likely N-dealkylation sites (tertiary alicyclic amines) is 1. The zero-order valence-electron chi connectivity index (χ0n) is 14.1. The molecule has 1 aromatic rings. The van der Waals surface area contributed by atoms with Gasteiger partial charge in [-0.25, -0.2) is 0 Å². The van der Waals surface area contributed by atoms with Gasteiger partial charge in [0, 0.05) is 30.2 Å². The number of hydrogen-bond acceptors (Lipinski definition) is 4. The van der Waals surface area contributed by atoms with Gasteiger partial charge in [-0.3, -0.25) is 4.79 Å². The Morgan fingerprint density at radius 3 is 2.87 bits per heavy atom. The maximum Gasteiger partial charge on any atom is 0.255 e. The van der Waals surface area contributed by atoms with Crippen molar-refractivity contribution < 1.29 is 9.53 Å². The van der Waals surface area contributed by atoms with Crippen molar-refractivity contribution in [2.45, 2.75) is 32.2 Å². The quantitative estimate of drug-likeness (QED) is 0.819. The highest BCUT2D eigenvalue weighted by atomic mass is 79.9. The van der Waals surface area contributed by atoms with E-state index in [4.69, 9.17) is 4.74 Å². The van der Waals surface area contributed by atoms with E-state index in [2.05, 4.69) is 38.4 Å². The Labute approximate surface area is 146 Å². The smallest absolute Gasteiger partial charge is 0.255 e. The fourth-order valence-corrected chi connectivity index (χ4v) is 3.52. The Hall–Kier alpha value is -1.27. The molecule has 0 bridgehead atoms. The van der Waals surface area contributed by atoms with Gasteiger partial charge in [0.05, 0.1) is 18.4 Å². The van der Waals surface area contributed by atoms with Crippen molar-refractivity contribution in [1.82, 2.24) is 10.2 Å². The lowest BCUT2D eigenvalue weighted by atomic mass is 10.1. The summed E-state index contributed by atoms with van der Waals surface area (Å²) in [7, 11) is 3.42. The fraction of sp³-hybridized carbons (Fsp3) is 0.588. The second-order valence-corrected chi connectivity index (χ2v) is 6.70. The molecule has 1 aromatic carbocycles. The van der Waals surface area contributed by atoms with Gasteiger partial charge in [0.25, 0.3) is 5.91 Å². The topological polar surface area (TPSA) is 53.6 Å². The number of halogens is 1. The summed E-state index contributed by atoms with van der Waals surface area (Å²) in [4.78, 5) is 15.1. The normalized spacial score (nSPS) is 19.0. The van der Waals surface area contributed by atoms with E-state index in [1.165, 1.54) is 6.42 Å². The number of nitrogens with one attached hydrogen (secondary N) is 2. The highest BCUT2D eigenvalue weighted by molar-refractivity contribution is 9.10. The number of ether oxygens (including phenoxy) is 1. The number of nitrogens with zero attached hydrogens (tertiary/aromatic N) is 1. The van der Waals surface area contributed by atoms with Crippen LogP contribution < -0.4 is 15.4 Å². The Kier molecular flexibility index (Phi) is 6.72. The molecule has 2 N–H and O–H groups in total. The van der Waals surface area contributed by atoms with Gasteiger partial charge in [0.2, 0.25) is 0 Å². The number of rotatable bonds is 5. The highest BCUT2D eigenvalue weighted by Crippen LogP contribution is 2.31. The third kappa shape index (κ3) is 4.61. The van der Waals surface area contributed by atoms with Crippen molar-refractivity contribution in [3.8, 4) is 5.75 Å². The molecule has 0 aliphatic carbocycles. The van der Waals surface area contributed by atoms with E-state index < -0.39 is 0 Å². The lowest BCUT2D eigenvalue weighted by Crippen LogP contribution is -2.42. The monoisotopic (exact) mass is 383 g/mol. The van der Waals surface area contributed by atoms with Crippen LogP contribution in [0.3, 0.4) is 0 Å². The fourth-order valence-electron chi connectivity index (χ4n) is 2.98. The van der Waals surface area contributed by atoms with Crippen LogP contribution in [0.4, 0.5) is 5.69 Å². The SMILES string of the molecule is CCN1CCCCC(NC(=O)c2cc(Br)c(NC)cc2OC)C1. The molecule has 1 aliphatic rings. The number of benzene rings is 1. The molecular formula is C17H26BrN3O2. The standard InChI is InChI=1S/C17H26BrN3O2/c1-4-21-8-6-5-7-12(11-21)20-17(22)13-9-14(18)15(19-2)10-16(13)23-3/h9-10,12,19H,4-8,11H2,1-3H3,(H,20,22). The summed E-state index contributed by atoms with van der Waals surface area (Å²) in [5.41, 5.74) is 1.45. The largest absolute Gasteiger partial charge is 0.496 e. The van der Waals surface area contributed by atoms with Crippen molar-refractivity contribution in [3.05, 3.63) is 22.2 Å². The van der Waals surface area contributed by atoms with Crippen LogP contribution in [0.2, 0.25) is 0 Å².